The van der Waals surface area contributed by atoms with Gasteiger partial charge < -0.3 is 9.47 Å². The summed E-state index contributed by atoms with van der Waals surface area (Å²) in [5, 5.41) is 10.2. The standard InChI is InChI=1S/C21H23N5O2S/c1-24-16-18(20-6-3-8-23-21(20)24)7-9-25-10-12-26(13-11-25)29(27,28)19-5-2-4-17(14-19)15-22/h2-6,8,14,16H,7,9-13H2,1H3. The summed E-state index contributed by atoms with van der Waals surface area (Å²) in [4.78, 5) is 6.92. The van der Waals surface area contributed by atoms with Crippen LogP contribution in [0.15, 0.2) is 53.7 Å². The van der Waals surface area contributed by atoms with Crippen molar-refractivity contribution in [3.63, 3.8) is 0 Å². The molecule has 1 aliphatic rings. The molecular formula is C21H23N5O2S. The van der Waals surface area contributed by atoms with Crippen molar-refractivity contribution in [1.29, 1.82) is 5.26 Å². The molecule has 29 heavy (non-hydrogen) atoms. The van der Waals surface area contributed by atoms with E-state index in [1.54, 1.807) is 24.4 Å². The van der Waals surface area contributed by atoms with E-state index >= 15 is 0 Å². The quantitative estimate of drug-likeness (QED) is 0.644. The van der Waals surface area contributed by atoms with Gasteiger partial charge in [-0.2, -0.15) is 9.57 Å². The Kier molecular flexibility index (Phi) is 5.37. The van der Waals surface area contributed by atoms with Crippen molar-refractivity contribution in [3.8, 4) is 6.07 Å². The molecule has 0 aliphatic carbocycles. The van der Waals surface area contributed by atoms with Gasteiger partial charge in [0.1, 0.15) is 5.65 Å². The predicted molar refractivity (Wildman–Crippen MR) is 111 cm³/mol. The lowest BCUT2D eigenvalue weighted by atomic mass is 10.1. The number of benzene rings is 1. The van der Waals surface area contributed by atoms with Crippen molar-refractivity contribution >= 4 is 21.1 Å². The summed E-state index contributed by atoms with van der Waals surface area (Å²) >= 11 is 0. The van der Waals surface area contributed by atoms with Gasteiger partial charge >= 0.3 is 0 Å². The van der Waals surface area contributed by atoms with E-state index in [0.717, 1.165) is 18.6 Å². The number of hydrogen-bond acceptors (Lipinski definition) is 5. The maximum absolute atomic E-state index is 12.9. The first kappa shape index (κ1) is 19.6. The van der Waals surface area contributed by atoms with E-state index in [9.17, 15) is 8.42 Å². The zero-order valence-corrected chi connectivity index (χ0v) is 17.1. The topological polar surface area (TPSA) is 82.2 Å². The van der Waals surface area contributed by atoms with Crippen LogP contribution in [0.2, 0.25) is 0 Å². The molecule has 0 saturated carbocycles. The normalized spacial score (nSPS) is 16.1. The third kappa shape index (κ3) is 3.90. The third-order valence-electron chi connectivity index (χ3n) is 5.45. The summed E-state index contributed by atoms with van der Waals surface area (Å²) in [6.45, 7) is 3.18. The molecule has 150 valence electrons. The minimum Gasteiger partial charge on any atom is -0.335 e. The molecule has 3 heterocycles. The smallest absolute Gasteiger partial charge is 0.243 e. The molecule has 0 amide bonds. The van der Waals surface area contributed by atoms with Crippen LogP contribution in [0.1, 0.15) is 11.1 Å². The Morgan fingerprint density at radius 2 is 1.93 bits per heavy atom. The van der Waals surface area contributed by atoms with Crippen LogP contribution in [0, 0.1) is 11.3 Å². The monoisotopic (exact) mass is 409 g/mol. The van der Waals surface area contributed by atoms with Gasteiger partial charge in [0.05, 0.1) is 16.5 Å². The number of hydrogen-bond donors (Lipinski definition) is 0. The molecule has 0 atom stereocenters. The molecule has 1 fully saturated rings. The highest BCUT2D eigenvalue weighted by Gasteiger charge is 2.28. The van der Waals surface area contributed by atoms with Crippen LogP contribution >= 0.6 is 0 Å². The Labute approximate surface area is 170 Å². The summed E-state index contributed by atoms with van der Waals surface area (Å²) in [6.07, 6.45) is 4.83. The van der Waals surface area contributed by atoms with Gasteiger partial charge in [0.25, 0.3) is 0 Å². The number of pyridine rings is 1. The van der Waals surface area contributed by atoms with Crippen LogP contribution in [-0.4, -0.2) is 59.9 Å². The fourth-order valence-corrected chi connectivity index (χ4v) is 5.31. The van der Waals surface area contributed by atoms with Crippen molar-refractivity contribution in [3.05, 3.63) is 59.9 Å². The minimum absolute atomic E-state index is 0.188. The Hall–Kier alpha value is -2.73. The summed E-state index contributed by atoms with van der Waals surface area (Å²) in [5.74, 6) is 0. The Morgan fingerprint density at radius 3 is 2.69 bits per heavy atom. The number of rotatable bonds is 5. The number of aryl methyl sites for hydroxylation is 1. The lowest BCUT2D eigenvalue weighted by Gasteiger charge is -2.34. The fourth-order valence-electron chi connectivity index (χ4n) is 3.84. The lowest BCUT2D eigenvalue weighted by Crippen LogP contribution is -2.49. The van der Waals surface area contributed by atoms with Crippen LogP contribution in [-0.2, 0) is 23.5 Å². The average Bonchev–Trinajstić information content (AvgIpc) is 3.08. The van der Waals surface area contributed by atoms with Gasteiger partial charge in [-0.1, -0.05) is 6.07 Å². The Balaban J connectivity index is 1.38. The molecule has 4 rings (SSSR count). The van der Waals surface area contributed by atoms with E-state index in [1.807, 2.05) is 23.8 Å². The summed E-state index contributed by atoms with van der Waals surface area (Å²) < 4.78 is 29.3. The Morgan fingerprint density at radius 1 is 1.14 bits per heavy atom. The molecule has 1 aliphatic heterocycles. The predicted octanol–water partition coefficient (Wildman–Crippen LogP) is 1.99. The second kappa shape index (κ2) is 7.95. The van der Waals surface area contributed by atoms with Crippen molar-refractivity contribution in [2.45, 2.75) is 11.3 Å². The maximum atomic E-state index is 12.9. The molecule has 0 bridgehead atoms. The van der Waals surface area contributed by atoms with Crippen molar-refractivity contribution < 1.29 is 8.42 Å². The number of piperazine rings is 1. The highest BCUT2D eigenvalue weighted by molar-refractivity contribution is 7.89. The number of aromatic nitrogens is 2. The highest BCUT2D eigenvalue weighted by Crippen LogP contribution is 2.21. The summed E-state index contributed by atoms with van der Waals surface area (Å²) in [6, 6.07) is 12.3. The molecule has 0 unspecified atom stereocenters. The van der Waals surface area contributed by atoms with Crippen molar-refractivity contribution in [2.75, 3.05) is 32.7 Å². The van der Waals surface area contributed by atoms with Gasteiger partial charge in [-0.15, -0.1) is 0 Å². The van der Waals surface area contributed by atoms with Crippen LogP contribution < -0.4 is 0 Å². The van der Waals surface area contributed by atoms with Gasteiger partial charge in [-0.25, -0.2) is 13.4 Å². The van der Waals surface area contributed by atoms with Gasteiger partial charge in [0.15, 0.2) is 0 Å². The largest absolute Gasteiger partial charge is 0.335 e. The lowest BCUT2D eigenvalue weighted by molar-refractivity contribution is 0.190. The molecule has 1 saturated heterocycles. The van der Waals surface area contributed by atoms with E-state index in [2.05, 4.69) is 22.1 Å². The maximum Gasteiger partial charge on any atom is 0.243 e. The summed E-state index contributed by atoms with van der Waals surface area (Å²) in [7, 11) is -1.56. The van der Waals surface area contributed by atoms with Crippen LogP contribution in [0.4, 0.5) is 0 Å². The van der Waals surface area contributed by atoms with E-state index in [-0.39, 0.29) is 4.90 Å². The van der Waals surface area contributed by atoms with Crippen molar-refractivity contribution in [2.24, 2.45) is 7.05 Å². The zero-order chi connectivity index (χ0) is 20.4. The molecule has 0 radical (unpaired) electrons. The number of fused-ring (bicyclic) bond motifs is 1. The van der Waals surface area contributed by atoms with Crippen LogP contribution in [0.5, 0.6) is 0 Å². The van der Waals surface area contributed by atoms with E-state index < -0.39 is 10.0 Å². The highest BCUT2D eigenvalue weighted by atomic mass is 32.2. The third-order valence-corrected chi connectivity index (χ3v) is 7.34. The van der Waals surface area contributed by atoms with Gasteiger partial charge in [0, 0.05) is 57.6 Å². The molecule has 8 heteroatoms. The fraction of sp³-hybridized carbons (Fsp3) is 0.333. The first-order valence-corrected chi connectivity index (χ1v) is 11.0. The van der Waals surface area contributed by atoms with E-state index in [0.29, 0.717) is 31.7 Å². The average molecular weight is 410 g/mol. The molecule has 0 N–H and O–H groups in total. The molecule has 0 spiro atoms. The van der Waals surface area contributed by atoms with E-state index in [4.69, 9.17) is 5.26 Å². The van der Waals surface area contributed by atoms with Gasteiger partial charge in [-0.3, -0.25) is 0 Å². The zero-order valence-electron chi connectivity index (χ0n) is 16.3. The number of sulfonamides is 1. The SMILES string of the molecule is Cn1cc(CCN2CCN(S(=O)(=O)c3cccc(C#N)c3)CC2)c2cccnc21. The molecule has 2 aromatic heterocycles. The second-order valence-electron chi connectivity index (χ2n) is 7.28. The Bertz CT molecular complexity index is 1170. The summed E-state index contributed by atoms with van der Waals surface area (Å²) in [5.41, 5.74) is 2.60. The van der Waals surface area contributed by atoms with Crippen LogP contribution in [0.25, 0.3) is 11.0 Å². The molecule has 3 aromatic rings. The molecule has 1 aromatic carbocycles. The molecular weight excluding hydrogens is 386 g/mol. The second-order valence-corrected chi connectivity index (χ2v) is 9.21. The van der Waals surface area contributed by atoms with E-state index in [1.165, 1.54) is 21.3 Å². The van der Waals surface area contributed by atoms with Crippen LogP contribution in [0.3, 0.4) is 0 Å². The van der Waals surface area contributed by atoms with Gasteiger partial charge in [0.2, 0.25) is 10.0 Å². The van der Waals surface area contributed by atoms with Crippen molar-refractivity contribution in [1.82, 2.24) is 18.8 Å². The minimum atomic E-state index is -3.57. The molecule has 7 nitrogen and oxygen atoms in total. The first-order valence-electron chi connectivity index (χ1n) is 9.60. The number of nitriles is 1. The first-order chi connectivity index (χ1) is 14.0. The number of nitrogens with zero attached hydrogens (tertiary/aromatic N) is 5. The van der Waals surface area contributed by atoms with Gasteiger partial charge in [-0.05, 0) is 42.3 Å².